The number of hydrogen-bond donors (Lipinski definition) is 0. The molecule has 1 aromatic carbocycles. The summed E-state index contributed by atoms with van der Waals surface area (Å²) >= 11 is 0. The Labute approximate surface area is 156 Å². The summed E-state index contributed by atoms with van der Waals surface area (Å²) in [5.74, 6) is -0.470. The molecule has 7 nitrogen and oxygen atoms in total. The molecule has 2 aromatic rings. The first-order valence-electron chi connectivity index (χ1n) is 8.97. The lowest BCUT2D eigenvalue weighted by atomic mass is 10.0. The smallest absolute Gasteiger partial charge is 0.410 e. The molecule has 1 aliphatic heterocycles. The molecule has 3 rings (SSSR count). The van der Waals surface area contributed by atoms with Crippen LogP contribution in [0.5, 0.6) is 0 Å². The van der Waals surface area contributed by atoms with Gasteiger partial charge in [-0.1, -0.05) is 0 Å². The second-order valence-corrected chi connectivity index (χ2v) is 7.87. The highest BCUT2D eigenvalue weighted by Gasteiger charge is 2.29. The molecule has 1 aromatic heterocycles. The maximum atomic E-state index is 13.6. The molecule has 1 amide bonds. The Bertz CT molecular complexity index is 995. The van der Waals surface area contributed by atoms with Gasteiger partial charge in [0.25, 0.3) is 0 Å². The molecule has 1 saturated heterocycles. The predicted molar refractivity (Wildman–Crippen MR) is 99.5 cm³/mol. The van der Waals surface area contributed by atoms with Crippen LogP contribution < -0.4 is 11.1 Å². The number of likely N-dealkylation sites (tertiary alicyclic amines) is 1. The number of ether oxygens (including phenoxy) is 1. The number of fused-ring (bicyclic) bond motifs is 1. The summed E-state index contributed by atoms with van der Waals surface area (Å²) in [5.41, 5.74) is -1.01. The summed E-state index contributed by atoms with van der Waals surface area (Å²) in [6, 6.07) is 3.81. The van der Waals surface area contributed by atoms with Crippen molar-refractivity contribution >= 4 is 17.1 Å². The van der Waals surface area contributed by atoms with Crippen molar-refractivity contribution in [3.8, 4) is 0 Å². The number of rotatable bonds is 1. The predicted octanol–water partition coefficient (Wildman–Crippen LogP) is 2.41. The SMILES string of the molecule is Cn1c(=O)c(=O)n(C2CCN(C(=O)OC(C)(C)C)CC2)c2ccc(F)cc21. The Morgan fingerprint density at radius 2 is 1.74 bits per heavy atom. The number of benzene rings is 1. The van der Waals surface area contributed by atoms with Gasteiger partial charge in [0.15, 0.2) is 0 Å². The van der Waals surface area contributed by atoms with Gasteiger partial charge in [0.2, 0.25) is 0 Å². The van der Waals surface area contributed by atoms with Crippen LogP contribution in [-0.4, -0.2) is 38.8 Å². The highest BCUT2D eigenvalue weighted by atomic mass is 19.1. The monoisotopic (exact) mass is 377 g/mol. The average molecular weight is 377 g/mol. The van der Waals surface area contributed by atoms with Crippen molar-refractivity contribution in [3.63, 3.8) is 0 Å². The standard InChI is InChI=1S/C19H24FN3O4/c1-19(2,3)27-18(26)22-9-7-13(8-10-22)23-14-6-5-12(20)11-15(14)21(4)16(24)17(23)25/h5-6,11,13H,7-10H2,1-4H3. The topological polar surface area (TPSA) is 73.5 Å². The van der Waals surface area contributed by atoms with Crippen molar-refractivity contribution in [2.45, 2.75) is 45.3 Å². The minimum atomic E-state index is -0.692. The van der Waals surface area contributed by atoms with Crippen molar-refractivity contribution in [1.82, 2.24) is 14.0 Å². The second kappa shape index (κ2) is 6.83. The van der Waals surface area contributed by atoms with Gasteiger partial charge in [0.1, 0.15) is 11.4 Å². The molecule has 146 valence electrons. The van der Waals surface area contributed by atoms with Gasteiger partial charge in [-0.2, -0.15) is 0 Å². The summed E-state index contributed by atoms with van der Waals surface area (Å²) in [6.45, 7) is 6.26. The van der Waals surface area contributed by atoms with Crippen molar-refractivity contribution < 1.29 is 13.9 Å². The molecule has 0 atom stereocenters. The average Bonchev–Trinajstić information content (AvgIpc) is 2.59. The van der Waals surface area contributed by atoms with E-state index in [4.69, 9.17) is 4.74 Å². The van der Waals surface area contributed by atoms with E-state index in [9.17, 15) is 18.8 Å². The first-order chi connectivity index (χ1) is 12.6. The third-order valence-electron chi connectivity index (χ3n) is 4.75. The van der Waals surface area contributed by atoms with Gasteiger partial charge in [-0.3, -0.25) is 14.2 Å². The van der Waals surface area contributed by atoms with Crippen molar-refractivity contribution in [2.75, 3.05) is 13.1 Å². The van der Waals surface area contributed by atoms with Gasteiger partial charge in [-0.15, -0.1) is 0 Å². The summed E-state index contributed by atoms with van der Waals surface area (Å²) in [4.78, 5) is 38.8. The van der Waals surface area contributed by atoms with E-state index >= 15 is 0 Å². The number of aryl methyl sites for hydroxylation is 1. The Morgan fingerprint density at radius 3 is 2.33 bits per heavy atom. The Hall–Kier alpha value is -2.64. The zero-order valence-corrected chi connectivity index (χ0v) is 16.0. The summed E-state index contributed by atoms with van der Waals surface area (Å²) < 4.78 is 21.6. The lowest BCUT2D eigenvalue weighted by molar-refractivity contribution is 0.0188. The number of amides is 1. The number of nitrogens with zero attached hydrogens (tertiary/aromatic N) is 3. The fourth-order valence-corrected chi connectivity index (χ4v) is 3.43. The Morgan fingerprint density at radius 1 is 1.11 bits per heavy atom. The van der Waals surface area contributed by atoms with Crippen LogP contribution in [0, 0.1) is 5.82 Å². The van der Waals surface area contributed by atoms with Crippen LogP contribution in [0.1, 0.15) is 39.7 Å². The molecule has 1 aliphatic rings. The maximum Gasteiger partial charge on any atom is 0.410 e. The molecule has 27 heavy (non-hydrogen) atoms. The molecule has 0 N–H and O–H groups in total. The Kier molecular flexibility index (Phi) is 4.84. The van der Waals surface area contributed by atoms with E-state index in [1.807, 2.05) is 20.8 Å². The van der Waals surface area contributed by atoms with Gasteiger partial charge < -0.3 is 14.2 Å². The molecule has 0 radical (unpaired) electrons. The highest BCUT2D eigenvalue weighted by molar-refractivity contribution is 5.75. The maximum absolute atomic E-state index is 13.6. The van der Waals surface area contributed by atoms with E-state index in [1.165, 1.54) is 34.4 Å². The third kappa shape index (κ3) is 3.74. The quantitative estimate of drug-likeness (QED) is 0.716. The highest BCUT2D eigenvalue weighted by Crippen LogP contribution is 2.25. The number of carbonyl (C=O) groups excluding carboxylic acids is 1. The largest absolute Gasteiger partial charge is 0.444 e. The number of piperidine rings is 1. The normalized spacial score (nSPS) is 16.0. The van der Waals surface area contributed by atoms with Crippen LogP contribution in [0.3, 0.4) is 0 Å². The molecular weight excluding hydrogens is 353 g/mol. The van der Waals surface area contributed by atoms with E-state index < -0.39 is 22.5 Å². The Balaban J connectivity index is 1.91. The molecule has 2 heterocycles. The van der Waals surface area contributed by atoms with E-state index in [0.717, 1.165) is 0 Å². The number of hydrogen-bond acceptors (Lipinski definition) is 4. The molecule has 0 bridgehead atoms. The van der Waals surface area contributed by atoms with Crippen LogP contribution >= 0.6 is 0 Å². The lowest BCUT2D eigenvalue weighted by Crippen LogP contribution is -2.46. The van der Waals surface area contributed by atoms with E-state index in [0.29, 0.717) is 37.0 Å². The second-order valence-electron chi connectivity index (χ2n) is 7.87. The zero-order valence-electron chi connectivity index (χ0n) is 16.0. The third-order valence-corrected chi connectivity index (χ3v) is 4.75. The number of carbonyl (C=O) groups is 1. The minimum Gasteiger partial charge on any atom is -0.444 e. The number of halogens is 1. The van der Waals surface area contributed by atoms with E-state index in [-0.39, 0.29) is 12.1 Å². The van der Waals surface area contributed by atoms with Gasteiger partial charge in [-0.25, -0.2) is 9.18 Å². The van der Waals surface area contributed by atoms with Crippen LogP contribution in [0.2, 0.25) is 0 Å². The van der Waals surface area contributed by atoms with Gasteiger partial charge in [-0.05, 0) is 51.8 Å². The molecular formula is C19H24FN3O4. The molecule has 1 fully saturated rings. The van der Waals surface area contributed by atoms with Crippen molar-refractivity contribution in [2.24, 2.45) is 7.05 Å². The zero-order chi connectivity index (χ0) is 19.9. The molecule has 0 spiro atoms. The van der Waals surface area contributed by atoms with Crippen molar-refractivity contribution in [3.05, 3.63) is 44.7 Å². The van der Waals surface area contributed by atoms with E-state index in [1.54, 1.807) is 4.90 Å². The molecule has 8 heteroatoms. The lowest BCUT2D eigenvalue weighted by Gasteiger charge is -2.34. The van der Waals surface area contributed by atoms with Crippen LogP contribution in [0.15, 0.2) is 27.8 Å². The molecule has 0 aliphatic carbocycles. The van der Waals surface area contributed by atoms with Gasteiger partial charge in [0.05, 0.1) is 11.0 Å². The van der Waals surface area contributed by atoms with Crippen molar-refractivity contribution in [1.29, 1.82) is 0 Å². The molecule has 0 saturated carbocycles. The van der Waals surface area contributed by atoms with E-state index in [2.05, 4.69) is 0 Å². The van der Waals surface area contributed by atoms with Gasteiger partial charge >= 0.3 is 17.2 Å². The van der Waals surface area contributed by atoms with Crippen LogP contribution in [-0.2, 0) is 11.8 Å². The number of aromatic nitrogens is 2. The molecule has 0 unspecified atom stereocenters. The minimum absolute atomic E-state index is 0.238. The first kappa shape index (κ1) is 19.1. The fourth-order valence-electron chi connectivity index (χ4n) is 3.43. The summed E-state index contributed by atoms with van der Waals surface area (Å²) in [7, 11) is 1.46. The first-order valence-corrected chi connectivity index (χ1v) is 8.97. The van der Waals surface area contributed by atoms with Crippen LogP contribution in [0.4, 0.5) is 9.18 Å². The summed E-state index contributed by atoms with van der Waals surface area (Å²) in [6.07, 6.45) is 0.640. The van der Waals surface area contributed by atoms with Gasteiger partial charge in [0, 0.05) is 26.2 Å². The van der Waals surface area contributed by atoms with Crippen LogP contribution in [0.25, 0.3) is 11.0 Å². The summed E-state index contributed by atoms with van der Waals surface area (Å²) in [5, 5.41) is 0. The fraction of sp³-hybridized carbons (Fsp3) is 0.526.